The van der Waals surface area contributed by atoms with Crippen LogP contribution >= 0.6 is 0 Å². The van der Waals surface area contributed by atoms with Crippen molar-refractivity contribution >= 4 is 0 Å². The Kier molecular flexibility index (Phi) is 4.69. The molecule has 0 unspecified atom stereocenters. The van der Waals surface area contributed by atoms with Crippen molar-refractivity contribution in [1.29, 1.82) is 0 Å². The second kappa shape index (κ2) is 6.27. The fraction of sp³-hybridized carbons (Fsp3) is 0.643. The highest BCUT2D eigenvalue weighted by Gasteiger charge is 2.30. The van der Waals surface area contributed by atoms with E-state index in [9.17, 15) is 5.11 Å². The highest BCUT2D eigenvalue weighted by molar-refractivity contribution is 5.03. The van der Waals surface area contributed by atoms with E-state index in [4.69, 9.17) is 0 Å². The summed E-state index contributed by atoms with van der Waals surface area (Å²) < 4.78 is 0. The van der Waals surface area contributed by atoms with Crippen molar-refractivity contribution in [2.75, 3.05) is 26.2 Å². The minimum absolute atomic E-state index is 0.532. The Hall–Kier alpha value is -0.970. The van der Waals surface area contributed by atoms with E-state index < -0.39 is 5.60 Å². The molecule has 0 spiro atoms. The maximum Gasteiger partial charge on any atom is 0.0798 e. The van der Waals surface area contributed by atoms with E-state index in [0.717, 1.165) is 51.3 Å². The first kappa shape index (κ1) is 13.5. The number of hydrogen-bond acceptors (Lipinski definition) is 4. The van der Waals surface area contributed by atoms with Gasteiger partial charge in [-0.2, -0.15) is 0 Å². The molecule has 1 aliphatic heterocycles. The first-order valence-electron chi connectivity index (χ1n) is 6.77. The molecule has 1 saturated heterocycles. The van der Waals surface area contributed by atoms with Crippen LogP contribution in [0.5, 0.6) is 0 Å². The maximum atomic E-state index is 10.5. The van der Waals surface area contributed by atoms with Gasteiger partial charge in [-0.3, -0.25) is 9.88 Å². The van der Waals surface area contributed by atoms with Gasteiger partial charge in [0.25, 0.3) is 0 Å². The normalized spacial score (nSPS) is 19.1. The molecule has 0 bridgehead atoms. The Balaban J connectivity index is 1.92. The highest BCUT2D eigenvalue weighted by atomic mass is 16.3. The molecule has 4 nitrogen and oxygen atoms in total. The van der Waals surface area contributed by atoms with E-state index in [0.29, 0.717) is 0 Å². The molecule has 1 aromatic rings. The second-order valence-corrected chi connectivity index (χ2v) is 5.10. The number of nitrogens with zero attached hydrogens (tertiary/aromatic N) is 2. The number of nitrogens with one attached hydrogen (secondary N) is 1. The summed E-state index contributed by atoms with van der Waals surface area (Å²) in [6.45, 7) is 6.45. The Morgan fingerprint density at radius 1 is 1.39 bits per heavy atom. The number of likely N-dealkylation sites (N-methyl/N-ethyl adjacent to an activating group) is 1. The average Bonchev–Trinajstić information content (AvgIpc) is 2.40. The molecule has 1 aliphatic rings. The van der Waals surface area contributed by atoms with Crippen LogP contribution in [0.15, 0.2) is 24.4 Å². The largest absolute Gasteiger partial charge is 0.388 e. The molecule has 0 aliphatic carbocycles. The lowest BCUT2D eigenvalue weighted by atomic mass is 9.92. The van der Waals surface area contributed by atoms with E-state index in [1.54, 1.807) is 0 Å². The van der Waals surface area contributed by atoms with E-state index >= 15 is 0 Å². The highest BCUT2D eigenvalue weighted by Crippen LogP contribution is 2.20. The Morgan fingerprint density at radius 3 is 2.78 bits per heavy atom. The summed E-state index contributed by atoms with van der Waals surface area (Å²) in [7, 11) is 0. The van der Waals surface area contributed by atoms with Crippen LogP contribution in [0.1, 0.15) is 25.5 Å². The molecular weight excluding hydrogens is 226 g/mol. The molecular formula is C14H23N3O. The minimum atomic E-state index is -0.532. The zero-order valence-electron chi connectivity index (χ0n) is 11.1. The molecule has 100 valence electrons. The van der Waals surface area contributed by atoms with E-state index in [-0.39, 0.29) is 0 Å². The predicted octanol–water partition coefficient (Wildman–Crippen LogP) is 1.02. The molecule has 0 amide bonds. The number of piperidine rings is 1. The van der Waals surface area contributed by atoms with Crippen molar-refractivity contribution in [2.45, 2.75) is 31.9 Å². The fourth-order valence-electron chi connectivity index (χ4n) is 2.47. The Labute approximate surface area is 109 Å². The van der Waals surface area contributed by atoms with Gasteiger partial charge in [-0.05, 0) is 44.6 Å². The van der Waals surface area contributed by atoms with E-state index in [1.165, 1.54) is 0 Å². The molecule has 0 atom stereocenters. The third-order valence-electron chi connectivity index (χ3n) is 3.61. The summed E-state index contributed by atoms with van der Waals surface area (Å²) in [5.41, 5.74) is 0.535. The van der Waals surface area contributed by atoms with Crippen LogP contribution in [0.25, 0.3) is 0 Å². The van der Waals surface area contributed by atoms with Gasteiger partial charge >= 0.3 is 0 Å². The first-order chi connectivity index (χ1) is 8.72. The smallest absolute Gasteiger partial charge is 0.0798 e. The van der Waals surface area contributed by atoms with Crippen LogP contribution < -0.4 is 5.32 Å². The van der Waals surface area contributed by atoms with Gasteiger partial charge in [0.2, 0.25) is 0 Å². The summed E-state index contributed by atoms with van der Waals surface area (Å²) in [6, 6.07) is 5.98. The van der Waals surface area contributed by atoms with Gasteiger partial charge in [0.1, 0.15) is 0 Å². The van der Waals surface area contributed by atoms with Gasteiger partial charge in [0, 0.05) is 19.3 Å². The molecule has 0 aromatic carbocycles. The minimum Gasteiger partial charge on any atom is -0.388 e. The zero-order chi connectivity index (χ0) is 12.8. The van der Waals surface area contributed by atoms with Crippen molar-refractivity contribution in [3.63, 3.8) is 0 Å². The van der Waals surface area contributed by atoms with E-state index in [2.05, 4.69) is 22.1 Å². The molecule has 0 saturated carbocycles. The summed E-state index contributed by atoms with van der Waals surface area (Å²) in [4.78, 5) is 6.62. The van der Waals surface area contributed by atoms with Crippen LogP contribution in [-0.4, -0.2) is 46.8 Å². The van der Waals surface area contributed by atoms with Crippen LogP contribution in [0, 0.1) is 0 Å². The number of aliphatic hydroxyl groups is 1. The van der Waals surface area contributed by atoms with E-state index in [1.807, 2.05) is 24.4 Å². The number of pyridine rings is 1. The lowest BCUT2D eigenvalue weighted by molar-refractivity contribution is -0.0218. The average molecular weight is 249 g/mol. The van der Waals surface area contributed by atoms with Crippen LogP contribution in [0.2, 0.25) is 0 Å². The fourth-order valence-corrected chi connectivity index (χ4v) is 2.47. The third-order valence-corrected chi connectivity index (χ3v) is 3.61. The lowest BCUT2D eigenvalue weighted by Gasteiger charge is -2.36. The van der Waals surface area contributed by atoms with Crippen LogP contribution in [0.3, 0.4) is 0 Å². The summed E-state index contributed by atoms with van der Waals surface area (Å²) in [6.07, 6.45) is 3.50. The molecule has 18 heavy (non-hydrogen) atoms. The number of aromatic nitrogens is 1. The third kappa shape index (κ3) is 3.77. The van der Waals surface area contributed by atoms with Crippen LogP contribution in [0.4, 0.5) is 0 Å². The number of rotatable bonds is 5. The van der Waals surface area contributed by atoms with Gasteiger partial charge < -0.3 is 10.4 Å². The van der Waals surface area contributed by atoms with Crippen molar-refractivity contribution in [3.8, 4) is 0 Å². The monoisotopic (exact) mass is 249 g/mol. The zero-order valence-corrected chi connectivity index (χ0v) is 11.1. The topological polar surface area (TPSA) is 48.4 Å². The molecule has 1 fully saturated rings. The predicted molar refractivity (Wildman–Crippen MR) is 72.2 cm³/mol. The number of hydrogen-bond donors (Lipinski definition) is 2. The van der Waals surface area contributed by atoms with Gasteiger partial charge in [-0.15, -0.1) is 0 Å². The van der Waals surface area contributed by atoms with Crippen molar-refractivity contribution in [1.82, 2.24) is 15.2 Å². The maximum absolute atomic E-state index is 10.5. The molecule has 0 radical (unpaired) electrons. The molecule has 4 heteroatoms. The first-order valence-corrected chi connectivity index (χ1v) is 6.77. The van der Waals surface area contributed by atoms with Crippen molar-refractivity contribution in [2.24, 2.45) is 0 Å². The van der Waals surface area contributed by atoms with Gasteiger partial charge in [0.15, 0.2) is 0 Å². The molecule has 2 heterocycles. The summed E-state index contributed by atoms with van der Waals surface area (Å²) >= 11 is 0. The molecule has 1 aromatic heterocycles. The van der Waals surface area contributed by atoms with Gasteiger partial charge in [-0.25, -0.2) is 0 Å². The van der Waals surface area contributed by atoms with Crippen molar-refractivity contribution < 1.29 is 5.11 Å². The van der Waals surface area contributed by atoms with Gasteiger partial charge in [-0.1, -0.05) is 13.0 Å². The SMILES string of the molecule is CCN(Cc1ccccn1)CC1(O)CCNCC1. The standard InChI is InChI=1S/C14H23N3O/c1-2-17(11-13-5-3-4-8-16-13)12-14(18)6-9-15-10-7-14/h3-5,8,15,18H,2,6-7,9-12H2,1H3. The Morgan fingerprint density at radius 2 is 2.17 bits per heavy atom. The quantitative estimate of drug-likeness (QED) is 0.818. The molecule has 2 N–H and O–H groups in total. The summed E-state index contributed by atoms with van der Waals surface area (Å²) in [5, 5.41) is 13.8. The second-order valence-electron chi connectivity index (χ2n) is 5.10. The van der Waals surface area contributed by atoms with Gasteiger partial charge in [0.05, 0.1) is 11.3 Å². The van der Waals surface area contributed by atoms with Crippen LogP contribution in [-0.2, 0) is 6.54 Å². The summed E-state index contributed by atoms with van der Waals surface area (Å²) in [5.74, 6) is 0. The lowest BCUT2D eigenvalue weighted by Crippen LogP contribution is -2.49. The van der Waals surface area contributed by atoms with Crippen molar-refractivity contribution in [3.05, 3.63) is 30.1 Å². The Bertz CT molecular complexity index is 349. The molecule has 2 rings (SSSR count).